The van der Waals surface area contributed by atoms with Gasteiger partial charge in [0, 0.05) is 13.2 Å². The fraction of sp³-hybridized carbons (Fsp3) is 0.800. The Morgan fingerprint density at radius 1 is 1.32 bits per heavy atom. The van der Waals surface area contributed by atoms with Crippen molar-refractivity contribution >= 4 is 0 Å². The van der Waals surface area contributed by atoms with E-state index in [2.05, 4.69) is 13.8 Å². The molecule has 4 N–H and O–H groups in total. The second kappa shape index (κ2) is 5.54. The van der Waals surface area contributed by atoms with Crippen LogP contribution in [0.25, 0.3) is 0 Å². The highest BCUT2D eigenvalue weighted by Crippen LogP contribution is 2.64. The summed E-state index contributed by atoms with van der Waals surface area (Å²) in [6.45, 7) is 4.31. The minimum atomic E-state index is -1.01. The molecule has 0 saturated heterocycles. The molecule has 0 amide bonds. The molecule has 8 atom stereocenters. The number of rotatable bonds is 1. The summed E-state index contributed by atoms with van der Waals surface area (Å²) in [7, 11) is 1.64. The maximum absolute atomic E-state index is 14.4. The van der Waals surface area contributed by atoms with E-state index in [1.165, 1.54) is 0 Å². The summed E-state index contributed by atoms with van der Waals surface area (Å²) in [5.41, 5.74) is 7.88. The van der Waals surface area contributed by atoms with Crippen molar-refractivity contribution in [3.63, 3.8) is 0 Å². The first-order valence-electron chi connectivity index (χ1n) is 9.47. The average molecular weight is 351 g/mol. The van der Waals surface area contributed by atoms with E-state index >= 15 is 0 Å². The molecular formula is C20H30FNO3. The summed E-state index contributed by atoms with van der Waals surface area (Å²) in [4.78, 5) is 0. The number of ether oxygens (including phenoxy) is 1. The summed E-state index contributed by atoms with van der Waals surface area (Å²) < 4.78 is 20.0. The fourth-order valence-electron chi connectivity index (χ4n) is 6.34. The lowest BCUT2D eigenvalue weighted by atomic mass is 9.50. The van der Waals surface area contributed by atoms with Gasteiger partial charge in [-0.25, -0.2) is 4.39 Å². The van der Waals surface area contributed by atoms with Crippen LogP contribution in [0.15, 0.2) is 23.0 Å². The van der Waals surface area contributed by atoms with Crippen LogP contribution in [0, 0.1) is 22.7 Å². The van der Waals surface area contributed by atoms with Crippen molar-refractivity contribution in [2.24, 2.45) is 28.4 Å². The molecule has 3 saturated carbocycles. The predicted molar refractivity (Wildman–Crippen MR) is 93.7 cm³/mol. The molecule has 25 heavy (non-hydrogen) atoms. The second-order valence-corrected chi connectivity index (χ2v) is 9.10. The summed E-state index contributed by atoms with van der Waals surface area (Å²) in [6.07, 6.45) is 3.53. The zero-order chi connectivity index (χ0) is 18.1. The van der Waals surface area contributed by atoms with Crippen molar-refractivity contribution in [3.05, 3.63) is 23.0 Å². The molecule has 0 heterocycles. The quantitative estimate of drug-likeness (QED) is 0.679. The van der Waals surface area contributed by atoms with Gasteiger partial charge in [-0.2, -0.15) is 0 Å². The van der Waals surface area contributed by atoms with E-state index in [4.69, 9.17) is 10.5 Å². The molecule has 3 fully saturated rings. The average Bonchev–Trinajstić information content (AvgIpc) is 2.79. The maximum atomic E-state index is 14.4. The number of nitrogens with two attached hydrogens (primary N) is 1. The third kappa shape index (κ3) is 2.22. The van der Waals surface area contributed by atoms with E-state index in [0.717, 1.165) is 30.4 Å². The Labute approximate surface area is 148 Å². The van der Waals surface area contributed by atoms with Crippen LogP contribution in [0.5, 0.6) is 0 Å². The Kier molecular flexibility index (Phi) is 3.88. The number of aliphatic hydroxyl groups is 2. The molecule has 0 aromatic rings. The molecule has 0 bridgehead atoms. The van der Waals surface area contributed by atoms with Crippen molar-refractivity contribution in [1.82, 2.24) is 0 Å². The second-order valence-electron chi connectivity index (χ2n) is 9.10. The highest BCUT2D eigenvalue weighted by molar-refractivity contribution is 5.42. The number of allylic oxidation sites excluding steroid dienone is 2. The molecule has 4 nitrogen and oxygen atoms in total. The first kappa shape index (κ1) is 17.5. The number of fused-ring (bicyclic) bond motifs is 5. The maximum Gasteiger partial charge on any atom is 0.116 e. The Hall–Kier alpha value is -0.910. The predicted octanol–water partition coefficient (Wildman–Crippen LogP) is 3.02. The largest absolute Gasteiger partial charge is 0.508 e. The van der Waals surface area contributed by atoms with E-state index < -0.39 is 18.3 Å². The van der Waals surface area contributed by atoms with Gasteiger partial charge in [-0.3, -0.25) is 0 Å². The van der Waals surface area contributed by atoms with Gasteiger partial charge < -0.3 is 20.7 Å². The molecule has 4 aliphatic carbocycles. The standard InChI is InChI=1S/C20H30FNO3/c1-19-5-4-11-17(12(19)8-13(21)18(19)22)15(24)7-10-6-14(23)16(25-3)9-20(10,11)2/h7,11-14,16,18,23-24H,4-6,8-9,22H2,1-3H3/t11-,12+,13?,14?,16?,18?,19+,20+/m1/s1. The summed E-state index contributed by atoms with van der Waals surface area (Å²) >= 11 is 0. The fourth-order valence-corrected chi connectivity index (χ4v) is 6.34. The Balaban J connectivity index is 1.78. The highest BCUT2D eigenvalue weighted by atomic mass is 19.1. The van der Waals surface area contributed by atoms with Crippen LogP contribution in [0.4, 0.5) is 4.39 Å². The molecule has 0 radical (unpaired) electrons. The van der Waals surface area contributed by atoms with E-state index in [-0.39, 0.29) is 34.5 Å². The minimum Gasteiger partial charge on any atom is -0.508 e. The lowest BCUT2D eigenvalue weighted by molar-refractivity contribution is -0.0660. The molecule has 0 aromatic heterocycles. The molecule has 0 aromatic carbocycles. The summed E-state index contributed by atoms with van der Waals surface area (Å²) in [5, 5.41) is 21.2. The molecular weight excluding hydrogens is 321 g/mol. The van der Waals surface area contributed by atoms with E-state index in [0.29, 0.717) is 12.8 Å². The van der Waals surface area contributed by atoms with Gasteiger partial charge in [0.25, 0.3) is 0 Å². The van der Waals surface area contributed by atoms with Crippen molar-refractivity contribution in [3.8, 4) is 0 Å². The van der Waals surface area contributed by atoms with Crippen molar-refractivity contribution < 1.29 is 19.3 Å². The van der Waals surface area contributed by atoms with E-state index in [9.17, 15) is 14.6 Å². The topological polar surface area (TPSA) is 75.7 Å². The van der Waals surface area contributed by atoms with Gasteiger partial charge in [-0.15, -0.1) is 0 Å². The van der Waals surface area contributed by atoms with Crippen LogP contribution in [-0.2, 0) is 4.74 Å². The lowest BCUT2D eigenvalue weighted by Crippen LogP contribution is -2.52. The number of halogens is 1. The van der Waals surface area contributed by atoms with Crippen molar-refractivity contribution in [2.75, 3.05) is 7.11 Å². The number of hydrogen-bond acceptors (Lipinski definition) is 4. The molecule has 4 aliphatic rings. The first-order chi connectivity index (χ1) is 11.7. The molecule has 4 rings (SSSR count). The minimum absolute atomic E-state index is 0.00119. The van der Waals surface area contributed by atoms with Crippen LogP contribution in [0.1, 0.15) is 46.0 Å². The zero-order valence-electron chi connectivity index (χ0n) is 15.3. The van der Waals surface area contributed by atoms with Gasteiger partial charge in [0.2, 0.25) is 0 Å². The molecule has 5 heteroatoms. The SMILES string of the molecule is COC1C[C@@]2(C)C(=CC(O)=C3[C@H]2CC[C@]2(C)C(N)C(F)C[C@@H]32)CC1O. The van der Waals surface area contributed by atoms with E-state index in [1.807, 2.05) is 6.08 Å². The number of methoxy groups -OCH3 is 1. The molecule has 0 spiro atoms. The Morgan fingerprint density at radius 2 is 2.04 bits per heavy atom. The Morgan fingerprint density at radius 3 is 2.72 bits per heavy atom. The first-order valence-corrected chi connectivity index (χ1v) is 9.47. The van der Waals surface area contributed by atoms with Crippen LogP contribution >= 0.6 is 0 Å². The summed E-state index contributed by atoms with van der Waals surface area (Å²) in [6, 6.07) is -0.461. The van der Waals surface area contributed by atoms with Crippen molar-refractivity contribution in [1.29, 1.82) is 0 Å². The van der Waals surface area contributed by atoms with E-state index in [1.54, 1.807) is 7.11 Å². The third-order valence-corrected chi connectivity index (χ3v) is 8.03. The number of alkyl halides is 1. The van der Waals surface area contributed by atoms with Crippen LogP contribution in [-0.4, -0.2) is 41.7 Å². The monoisotopic (exact) mass is 351 g/mol. The van der Waals surface area contributed by atoms with Crippen LogP contribution in [0.2, 0.25) is 0 Å². The summed E-state index contributed by atoms with van der Waals surface area (Å²) in [5.74, 6) is 0.463. The van der Waals surface area contributed by atoms with Gasteiger partial charge in [0.15, 0.2) is 0 Å². The normalized spacial score (nSPS) is 52.3. The van der Waals surface area contributed by atoms with Crippen LogP contribution < -0.4 is 5.73 Å². The zero-order valence-corrected chi connectivity index (χ0v) is 15.3. The molecule has 140 valence electrons. The van der Waals surface area contributed by atoms with Gasteiger partial charge in [0.1, 0.15) is 11.9 Å². The third-order valence-electron chi connectivity index (χ3n) is 8.03. The molecule has 0 aliphatic heterocycles. The van der Waals surface area contributed by atoms with Gasteiger partial charge in [-0.05, 0) is 66.4 Å². The van der Waals surface area contributed by atoms with Gasteiger partial charge in [-0.1, -0.05) is 19.4 Å². The van der Waals surface area contributed by atoms with Gasteiger partial charge in [0.05, 0.1) is 12.2 Å². The number of aliphatic hydroxyl groups excluding tert-OH is 2. The number of hydrogen-bond donors (Lipinski definition) is 3. The highest BCUT2D eigenvalue weighted by Gasteiger charge is 2.60. The Bertz CT molecular complexity index is 647. The van der Waals surface area contributed by atoms with Crippen molar-refractivity contribution in [2.45, 2.75) is 70.4 Å². The lowest BCUT2D eigenvalue weighted by Gasteiger charge is -2.55. The molecule has 4 unspecified atom stereocenters. The smallest absolute Gasteiger partial charge is 0.116 e. The van der Waals surface area contributed by atoms with Crippen LogP contribution in [0.3, 0.4) is 0 Å². The van der Waals surface area contributed by atoms with Gasteiger partial charge >= 0.3 is 0 Å².